The van der Waals surface area contributed by atoms with Crippen molar-refractivity contribution < 1.29 is 14.3 Å². The highest BCUT2D eigenvalue weighted by atomic mass is 16.4. The Morgan fingerprint density at radius 2 is 2.18 bits per heavy atom. The third-order valence-corrected chi connectivity index (χ3v) is 3.78. The molecular weight excluding hydrogens is 218 g/mol. The lowest BCUT2D eigenvalue weighted by Gasteiger charge is -2.40. The number of aliphatic carboxylic acids is 1. The number of likely N-dealkylation sites (N-methyl/N-ethyl adjacent to an activating group) is 1. The Balaban J connectivity index is 2.12. The number of nitrogens with zero attached hydrogens (tertiary/aromatic N) is 1. The van der Waals surface area contributed by atoms with Crippen LogP contribution < -0.4 is 0 Å². The van der Waals surface area contributed by atoms with E-state index in [0.29, 0.717) is 6.54 Å². The van der Waals surface area contributed by atoms with Crippen molar-refractivity contribution in [2.24, 2.45) is 0 Å². The van der Waals surface area contributed by atoms with Crippen LogP contribution in [0.2, 0.25) is 0 Å². The van der Waals surface area contributed by atoms with Gasteiger partial charge in [0.15, 0.2) is 0 Å². The van der Waals surface area contributed by atoms with Crippen molar-refractivity contribution in [3.8, 4) is 0 Å². The maximum Gasteiger partial charge on any atom is 0.324 e. The number of hydrogen-bond donors (Lipinski definition) is 1. The maximum atomic E-state index is 11.6. The van der Waals surface area contributed by atoms with Crippen LogP contribution in [0, 0.1) is 0 Å². The van der Waals surface area contributed by atoms with Gasteiger partial charge in [0.1, 0.15) is 11.3 Å². The number of rotatable bonds is 4. The van der Waals surface area contributed by atoms with Crippen LogP contribution in [0.1, 0.15) is 37.9 Å². The van der Waals surface area contributed by atoms with Gasteiger partial charge < -0.3 is 9.52 Å². The number of carboxylic acid groups (broad SMARTS) is 1. The molecule has 0 atom stereocenters. The largest absolute Gasteiger partial charge is 0.480 e. The monoisotopic (exact) mass is 237 g/mol. The smallest absolute Gasteiger partial charge is 0.324 e. The molecule has 1 aliphatic rings. The molecule has 1 aromatic rings. The van der Waals surface area contributed by atoms with Crippen LogP contribution in [0.15, 0.2) is 22.8 Å². The van der Waals surface area contributed by atoms with E-state index in [-0.39, 0.29) is 0 Å². The Morgan fingerprint density at radius 3 is 2.71 bits per heavy atom. The predicted octanol–water partition coefficient (Wildman–Crippen LogP) is 2.50. The molecule has 1 N–H and O–H groups in total. The Labute approximate surface area is 101 Å². The summed E-state index contributed by atoms with van der Waals surface area (Å²) < 4.78 is 5.29. The first-order valence-corrected chi connectivity index (χ1v) is 6.12. The summed E-state index contributed by atoms with van der Waals surface area (Å²) in [5, 5.41) is 9.52. The van der Waals surface area contributed by atoms with Gasteiger partial charge in [-0.1, -0.05) is 19.3 Å². The molecule has 4 heteroatoms. The molecule has 0 amide bonds. The summed E-state index contributed by atoms with van der Waals surface area (Å²) in [6.07, 6.45) is 6.23. The highest BCUT2D eigenvalue weighted by Gasteiger charge is 2.43. The van der Waals surface area contributed by atoms with E-state index in [0.717, 1.165) is 37.9 Å². The lowest BCUT2D eigenvalue weighted by molar-refractivity contribution is -0.153. The van der Waals surface area contributed by atoms with Crippen molar-refractivity contribution in [3.63, 3.8) is 0 Å². The minimum atomic E-state index is -0.703. The van der Waals surface area contributed by atoms with E-state index in [4.69, 9.17) is 4.42 Å². The van der Waals surface area contributed by atoms with Crippen molar-refractivity contribution in [2.45, 2.75) is 44.2 Å². The second-order valence-electron chi connectivity index (χ2n) is 4.83. The third kappa shape index (κ3) is 2.36. The van der Waals surface area contributed by atoms with Crippen LogP contribution in [0.3, 0.4) is 0 Å². The third-order valence-electron chi connectivity index (χ3n) is 3.78. The maximum absolute atomic E-state index is 11.6. The lowest BCUT2D eigenvalue weighted by Crippen LogP contribution is -2.53. The van der Waals surface area contributed by atoms with Gasteiger partial charge in [0.2, 0.25) is 0 Å². The second kappa shape index (κ2) is 4.92. The van der Waals surface area contributed by atoms with Gasteiger partial charge in [-0.05, 0) is 32.0 Å². The highest BCUT2D eigenvalue weighted by Crippen LogP contribution is 2.34. The van der Waals surface area contributed by atoms with Gasteiger partial charge in [-0.3, -0.25) is 9.69 Å². The summed E-state index contributed by atoms with van der Waals surface area (Å²) in [7, 11) is 1.88. The molecule has 1 aromatic heterocycles. The first-order chi connectivity index (χ1) is 8.15. The molecule has 1 saturated carbocycles. The molecule has 0 unspecified atom stereocenters. The molecule has 2 rings (SSSR count). The van der Waals surface area contributed by atoms with Crippen molar-refractivity contribution in [3.05, 3.63) is 24.2 Å². The van der Waals surface area contributed by atoms with Crippen molar-refractivity contribution in [2.75, 3.05) is 7.05 Å². The molecule has 4 nitrogen and oxygen atoms in total. The summed E-state index contributed by atoms with van der Waals surface area (Å²) in [6, 6.07) is 3.71. The summed E-state index contributed by atoms with van der Waals surface area (Å²) in [5.74, 6) is 0.116. The normalized spacial score (nSPS) is 19.4. The fraction of sp³-hybridized carbons (Fsp3) is 0.615. The summed E-state index contributed by atoms with van der Waals surface area (Å²) in [4.78, 5) is 13.5. The molecule has 1 fully saturated rings. The minimum absolute atomic E-state index is 0.555. The molecule has 94 valence electrons. The van der Waals surface area contributed by atoms with Crippen LogP contribution in [0.4, 0.5) is 0 Å². The van der Waals surface area contributed by atoms with Gasteiger partial charge >= 0.3 is 5.97 Å². The molecule has 0 bridgehead atoms. The quantitative estimate of drug-likeness (QED) is 0.874. The van der Waals surface area contributed by atoms with E-state index in [1.807, 2.05) is 24.1 Å². The van der Waals surface area contributed by atoms with Gasteiger partial charge in [-0.15, -0.1) is 0 Å². The predicted molar refractivity (Wildman–Crippen MR) is 63.6 cm³/mol. The summed E-state index contributed by atoms with van der Waals surface area (Å²) in [5.41, 5.74) is -0.703. The van der Waals surface area contributed by atoms with E-state index < -0.39 is 11.5 Å². The van der Waals surface area contributed by atoms with Crippen molar-refractivity contribution >= 4 is 5.97 Å². The molecule has 1 heterocycles. The van der Waals surface area contributed by atoms with E-state index >= 15 is 0 Å². The standard InChI is InChI=1S/C13H19NO3/c1-14(10-11-6-5-9-17-11)13(12(15)16)7-3-2-4-8-13/h5-6,9H,2-4,7-8,10H2,1H3,(H,15,16). The van der Waals surface area contributed by atoms with E-state index in [1.165, 1.54) is 0 Å². The second-order valence-corrected chi connectivity index (χ2v) is 4.83. The molecule has 0 saturated heterocycles. The van der Waals surface area contributed by atoms with Gasteiger partial charge in [-0.25, -0.2) is 0 Å². The average Bonchev–Trinajstić information content (AvgIpc) is 2.82. The van der Waals surface area contributed by atoms with Crippen LogP contribution in [0.25, 0.3) is 0 Å². The molecule has 0 radical (unpaired) electrons. The zero-order valence-corrected chi connectivity index (χ0v) is 10.2. The average molecular weight is 237 g/mol. The Bertz CT molecular complexity index is 366. The number of hydrogen-bond acceptors (Lipinski definition) is 3. The topological polar surface area (TPSA) is 53.7 Å². The Kier molecular flexibility index (Phi) is 3.52. The number of carboxylic acids is 1. The van der Waals surface area contributed by atoms with Gasteiger partial charge in [0.25, 0.3) is 0 Å². The van der Waals surface area contributed by atoms with Crippen LogP contribution in [-0.2, 0) is 11.3 Å². The summed E-state index contributed by atoms with van der Waals surface area (Å²) >= 11 is 0. The first kappa shape index (κ1) is 12.2. The van der Waals surface area contributed by atoms with Gasteiger partial charge in [0.05, 0.1) is 12.8 Å². The molecule has 17 heavy (non-hydrogen) atoms. The molecule has 0 aliphatic heterocycles. The zero-order chi connectivity index (χ0) is 12.3. The van der Waals surface area contributed by atoms with Crippen molar-refractivity contribution in [1.82, 2.24) is 4.90 Å². The molecule has 0 spiro atoms. The van der Waals surface area contributed by atoms with Crippen molar-refractivity contribution in [1.29, 1.82) is 0 Å². The van der Waals surface area contributed by atoms with E-state index in [9.17, 15) is 9.90 Å². The first-order valence-electron chi connectivity index (χ1n) is 6.12. The zero-order valence-electron chi connectivity index (χ0n) is 10.2. The van der Waals surface area contributed by atoms with Crippen LogP contribution in [-0.4, -0.2) is 28.6 Å². The van der Waals surface area contributed by atoms with Crippen LogP contribution >= 0.6 is 0 Å². The molecule has 1 aliphatic carbocycles. The fourth-order valence-corrected chi connectivity index (χ4v) is 2.68. The SMILES string of the molecule is CN(Cc1ccco1)C1(C(=O)O)CCCCC1. The van der Waals surface area contributed by atoms with E-state index in [1.54, 1.807) is 6.26 Å². The number of furan rings is 1. The minimum Gasteiger partial charge on any atom is -0.480 e. The Morgan fingerprint density at radius 1 is 1.47 bits per heavy atom. The van der Waals surface area contributed by atoms with Gasteiger partial charge in [-0.2, -0.15) is 0 Å². The lowest BCUT2D eigenvalue weighted by atomic mass is 9.80. The van der Waals surface area contributed by atoms with Gasteiger partial charge in [0, 0.05) is 0 Å². The number of carbonyl (C=O) groups is 1. The molecular formula is C13H19NO3. The summed E-state index contributed by atoms with van der Waals surface area (Å²) in [6.45, 7) is 0.555. The molecule has 0 aromatic carbocycles. The van der Waals surface area contributed by atoms with Crippen LogP contribution in [0.5, 0.6) is 0 Å². The highest BCUT2D eigenvalue weighted by molar-refractivity contribution is 5.78. The van der Waals surface area contributed by atoms with E-state index in [2.05, 4.69) is 0 Å². The fourth-order valence-electron chi connectivity index (χ4n) is 2.68. The Hall–Kier alpha value is -1.29.